The Kier molecular flexibility index (Phi) is 6.59. The minimum absolute atomic E-state index is 0.00804. The van der Waals surface area contributed by atoms with Crippen molar-refractivity contribution in [3.05, 3.63) is 76.2 Å². The standard InChI is InChI=1S/C29H28F3NO5/c1-14-6-21(30)16(13-38-24-9-15-7-19-25(20(15)12-33-24)27(19)28(34)35)8-18(14)26-22(31)10-17(11-23(26)32)37-5-4-29(2,3)36/h6,8-12,19,25,27,36H,4-5,7,13H2,1-3H3,(H,34,35)/t19-,25-,27+/m1/s1. The summed E-state index contributed by atoms with van der Waals surface area (Å²) in [6.45, 7) is 4.65. The van der Waals surface area contributed by atoms with Crippen molar-refractivity contribution in [1.29, 1.82) is 0 Å². The summed E-state index contributed by atoms with van der Waals surface area (Å²) in [5, 5.41) is 19.0. The van der Waals surface area contributed by atoms with Gasteiger partial charge in [-0.1, -0.05) is 0 Å². The highest BCUT2D eigenvalue weighted by Crippen LogP contribution is 2.61. The van der Waals surface area contributed by atoms with Crippen LogP contribution >= 0.6 is 0 Å². The summed E-state index contributed by atoms with van der Waals surface area (Å²) >= 11 is 0. The molecule has 0 bridgehead atoms. The van der Waals surface area contributed by atoms with Crippen LogP contribution in [0.1, 0.15) is 48.4 Å². The Morgan fingerprint density at radius 1 is 1.08 bits per heavy atom. The van der Waals surface area contributed by atoms with Crippen LogP contribution in [0.5, 0.6) is 11.6 Å². The molecule has 0 spiro atoms. The SMILES string of the molecule is Cc1cc(F)c(COc2cc3c(cn2)[C@H]2[C@@H](C3)[C@@H]2C(=O)O)cc1-c1c(F)cc(OCCC(C)(C)O)cc1F. The number of halogens is 3. The van der Waals surface area contributed by atoms with Gasteiger partial charge in [0.25, 0.3) is 0 Å². The van der Waals surface area contributed by atoms with E-state index < -0.39 is 29.0 Å². The molecule has 6 nitrogen and oxygen atoms in total. The summed E-state index contributed by atoms with van der Waals surface area (Å²) in [6, 6.07) is 6.44. The number of carboxylic acid groups (broad SMARTS) is 1. The molecule has 3 atom stereocenters. The van der Waals surface area contributed by atoms with E-state index >= 15 is 8.78 Å². The molecule has 2 aromatic carbocycles. The van der Waals surface area contributed by atoms with Gasteiger partial charge in [-0.15, -0.1) is 0 Å². The number of aromatic nitrogens is 1. The van der Waals surface area contributed by atoms with Gasteiger partial charge in [-0.25, -0.2) is 18.2 Å². The van der Waals surface area contributed by atoms with Crippen LogP contribution in [0.25, 0.3) is 11.1 Å². The zero-order valence-electron chi connectivity index (χ0n) is 21.2. The Balaban J connectivity index is 1.32. The molecule has 38 heavy (non-hydrogen) atoms. The Hall–Kier alpha value is -3.59. The largest absolute Gasteiger partial charge is 0.493 e. The number of rotatable bonds is 9. The van der Waals surface area contributed by atoms with Crippen molar-refractivity contribution in [2.45, 2.75) is 51.7 Å². The normalized spacial score (nSPS) is 19.6. The van der Waals surface area contributed by atoms with E-state index in [1.165, 1.54) is 12.1 Å². The van der Waals surface area contributed by atoms with E-state index in [1.54, 1.807) is 33.0 Å². The molecular weight excluding hydrogens is 499 g/mol. The lowest BCUT2D eigenvalue weighted by Gasteiger charge is -2.18. The lowest BCUT2D eigenvalue weighted by Crippen LogP contribution is -2.21. The molecule has 1 fully saturated rings. The number of hydrogen-bond acceptors (Lipinski definition) is 5. The first-order valence-corrected chi connectivity index (χ1v) is 12.4. The van der Waals surface area contributed by atoms with Crippen molar-refractivity contribution in [3.8, 4) is 22.8 Å². The minimum atomic E-state index is -0.972. The van der Waals surface area contributed by atoms with Crippen molar-refractivity contribution in [1.82, 2.24) is 4.98 Å². The van der Waals surface area contributed by atoms with Gasteiger partial charge in [-0.3, -0.25) is 4.79 Å². The molecule has 0 aliphatic heterocycles. The van der Waals surface area contributed by atoms with Crippen molar-refractivity contribution in [3.63, 3.8) is 0 Å². The maximum Gasteiger partial charge on any atom is 0.307 e. The molecule has 1 heterocycles. The highest BCUT2D eigenvalue weighted by atomic mass is 19.1. The predicted molar refractivity (Wildman–Crippen MR) is 133 cm³/mol. The van der Waals surface area contributed by atoms with Crippen LogP contribution in [0.3, 0.4) is 0 Å². The van der Waals surface area contributed by atoms with Gasteiger partial charge in [-0.2, -0.15) is 0 Å². The smallest absolute Gasteiger partial charge is 0.307 e. The fraction of sp³-hybridized carbons (Fsp3) is 0.379. The second-order valence-corrected chi connectivity index (χ2v) is 10.7. The zero-order chi connectivity index (χ0) is 27.4. The van der Waals surface area contributed by atoms with Gasteiger partial charge in [0.15, 0.2) is 0 Å². The fourth-order valence-electron chi connectivity index (χ4n) is 5.24. The number of pyridine rings is 1. The number of fused-ring (bicyclic) bond motifs is 3. The second-order valence-electron chi connectivity index (χ2n) is 10.7. The number of ether oxygens (including phenoxy) is 2. The van der Waals surface area contributed by atoms with Crippen LogP contribution in [0.2, 0.25) is 0 Å². The van der Waals surface area contributed by atoms with Crippen molar-refractivity contribution in [2.75, 3.05) is 6.61 Å². The van der Waals surface area contributed by atoms with Gasteiger partial charge < -0.3 is 19.7 Å². The molecule has 0 radical (unpaired) electrons. The summed E-state index contributed by atoms with van der Waals surface area (Å²) in [6.07, 6.45) is 2.53. The third-order valence-corrected chi connectivity index (χ3v) is 7.30. The number of carbonyl (C=O) groups is 1. The van der Waals surface area contributed by atoms with Crippen molar-refractivity contribution in [2.24, 2.45) is 11.8 Å². The quantitative estimate of drug-likeness (QED) is 0.379. The first kappa shape index (κ1) is 26.0. The summed E-state index contributed by atoms with van der Waals surface area (Å²) in [5.41, 5.74) is 1.25. The van der Waals surface area contributed by atoms with Crippen LogP contribution in [-0.2, 0) is 17.8 Å². The van der Waals surface area contributed by atoms with Crippen LogP contribution in [0.15, 0.2) is 36.5 Å². The first-order valence-electron chi connectivity index (χ1n) is 12.4. The van der Waals surface area contributed by atoms with Crippen molar-refractivity contribution < 1.29 is 37.7 Å². The summed E-state index contributed by atoms with van der Waals surface area (Å²) in [4.78, 5) is 15.5. The molecule has 5 rings (SSSR count). The Labute approximate surface area is 218 Å². The Bertz CT molecular complexity index is 1400. The van der Waals surface area contributed by atoms with E-state index in [-0.39, 0.29) is 65.7 Å². The fourth-order valence-corrected chi connectivity index (χ4v) is 5.24. The average Bonchev–Trinajstić information content (AvgIpc) is 3.41. The van der Waals surface area contributed by atoms with E-state index in [0.717, 1.165) is 23.3 Å². The maximum atomic E-state index is 15.0. The number of aliphatic hydroxyl groups is 1. The first-order chi connectivity index (χ1) is 17.9. The lowest BCUT2D eigenvalue weighted by molar-refractivity contribution is -0.139. The van der Waals surface area contributed by atoms with E-state index in [2.05, 4.69) is 4.98 Å². The van der Waals surface area contributed by atoms with E-state index in [9.17, 15) is 19.4 Å². The molecule has 3 aromatic rings. The number of benzene rings is 2. The number of nitrogens with zero attached hydrogens (tertiary/aromatic N) is 1. The predicted octanol–water partition coefficient (Wildman–Crippen LogP) is 5.56. The van der Waals surface area contributed by atoms with Gasteiger partial charge in [0, 0.05) is 42.3 Å². The molecule has 2 N–H and O–H groups in total. The molecule has 9 heteroatoms. The molecular formula is C29H28F3NO5. The van der Waals surface area contributed by atoms with Gasteiger partial charge in [-0.05, 0) is 67.5 Å². The lowest BCUT2D eigenvalue weighted by atomic mass is 9.96. The molecule has 1 aromatic heterocycles. The number of aryl methyl sites for hydroxylation is 1. The van der Waals surface area contributed by atoms with Gasteiger partial charge in [0.2, 0.25) is 5.88 Å². The monoisotopic (exact) mass is 527 g/mol. The number of carboxylic acids is 1. The van der Waals surface area contributed by atoms with Crippen molar-refractivity contribution >= 4 is 5.97 Å². The summed E-state index contributed by atoms with van der Waals surface area (Å²) < 4.78 is 55.9. The molecule has 1 saturated carbocycles. The van der Waals surface area contributed by atoms with Gasteiger partial charge in [0.05, 0.1) is 23.7 Å². The maximum absolute atomic E-state index is 15.0. The number of aliphatic carboxylic acids is 1. The average molecular weight is 528 g/mol. The van der Waals surface area contributed by atoms with E-state index in [0.29, 0.717) is 12.0 Å². The molecule has 200 valence electrons. The highest BCUT2D eigenvalue weighted by Gasteiger charge is 2.59. The zero-order valence-corrected chi connectivity index (χ0v) is 21.2. The third kappa shape index (κ3) is 5.07. The van der Waals surface area contributed by atoms with Gasteiger partial charge in [0.1, 0.15) is 29.8 Å². The van der Waals surface area contributed by atoms with Crippen LogP contribution in [0.4, 0.5) is 13.2 Å². The van der Waals surface area contributed by atoms with Crippen LogP contribution in [-0.4, -0.2) is 33.4 Å². The highest BCUT2D eigenvalue weighted by molar-refractivity contribution is 5.77. The third-order valence-electron chi connectivity index (χ3n) is 7.30. The molecule has 0 saturated heterocycles. The topological polar surface area (TPSA) is 88.9 Å². The Morgan fingerprint density at radius 3 is 2.45 bits per heavy atom. The molecule has 0 amide bonds. The Morgan fingerprint density at radius 2 is 1.79 bits per heavy atom. The number of hydrogen-bond donors (Lipinski definition) is 2. The van der Waals surface area contributed by atoms with Gasteiger partial charge >= 0.3 is 5.97 Å². The summed E-state index contributed by atoms with van der Waals surface area (Å²) in [7, 11) is 0. The molecule has 2 aliphatic carbocycles. The second kappa shape index (κ2) is 9.62. The minimum Gasteiger partial charge on any atom is -0.493 e. The van der Waals surface area contributed by atoms with E-state index in [4.69, 9.17) is 9.47 Å². The van der Waals surface area contributed by atoms with E-state index in [1.807, 2.05) is 0 Å². The summed E-state index contributed by atoms with van der Waals surface area (Å²) in [5.74, 6) is -3.11. The molecule has 0 unspecified atom stereocenters. The van der Waals surface area contributed by atoms with Crippen LogP contribution in [0, 0.1) is 36.2 Å². The molecule has 2 aliphatic rings. The van der Waals surface area contributed by atoms with Crippen LogP contribution < -0.4 is 9.47 Å².